The largest absolute Gasteiger partial charge is 0.497 e. The minimum atomic E-state index is -0.628. The Labute approximate surface area is 240 Å². The zero-order valence-electron chi connectivity index (χ0n) is 21.7. The Kier molecular flexibility index (Phi) is 7.65. The molecule has 0 spiro atoms. The number of hydrogen-bond donors (Lipinski definition) is 2. The second-order valence-electron chi connectivity index (χ2n) is 8.76. The Balaban J connectivity index is 1.57. The van der Waals surface area contributed by atoms with Gasteiger partial charge < -0.3 is 29.4 Å². The standard InChI is InChI=1S/C29H24Cl2N4O5/c1-36-17-6-9-22(37-2)18(12-17)27-26-25(19(13-32)28(33)40-29(26)35-34-27)16-5-8-23(24(11-16)38-3)39-14-15-4-7-20(30)21(31)10-15/h4-12,25H,14,33H2,1-3H3,(H,34,35)/t25-/m1/s1. The van der Waals surface area contributed by atoms with Crippen LogP contribution in [0.5, 0.6) is 28.9 Å². The molecule has 2 heterocycles. The molecular weight excluding hydrogens is 555 g/mol. The highest BCUT2D eigenvalue weighted by Gasteiger charge is 2.36. The summed E-state index contributed by atoms with van der Waals surface area (Å²) in [6.45, 7) is 0.242. The number of nitriles is 1. The van der Waals surface area contributed by atoms with Crippen molar-refractivity contribution in [3.8, 4) is 46.2 Å². The van der Waals surface area contributed by atoms with Crippen molar-refractivity contribution in [2.75, 3.05) is 21.3 Å². The van der Waals surface area contributed by atoms with Crippen molar-refractivity contribution in [1.82, 2.24) is 10.2 Å². The number of allylic oxidation sites excluding steroid dienone is 1. The number of benzene rings is 3. The summed E-state index contributed by atoms with van der Waals surface area (Å²) in [6.07, 6.45) is 0. The molecule has 1 aliphatic heterocycles. The van der Waals surface area contributed by atoms with E-state index in [1.165, 1.54) is 0 Å². The minimum Gasteiger partial charge on any atom is -0.497 e. The fourth-order valence-corrected chi connectivity index (χ4v) is 4.89. The summed E-state index contributed by atoms with van der Waals surface area (Å²) in [5.74, 6) is 1.75. The Bertz CT molecular complexity index is 1660. The molecule has 9 nitrogen and oxygen atoms in total. The van der Waals surface area contributed by atoms with Crippen molar-refractivity contribution in [3.63, 3.8) is 0 Å². The van der Waals surface area contributed by atoms with Crippen molar-refractivity contribution in [3.05, 3.63) is 92.8 Å². The Morgan fingerprint density at radius 2 is 1.73 bits per heavy atom. The number of H-pyrrole nitrogens is 1. The fourth-order valence-electron chi connectivity index (χ4n) is 4.57. The Morgan fingerprint density at radius 1 is 0.950 bits per heavy atom. The molecular formula is C29H24Cl2N4O5. The summed E-state index contributed by atoms with van der Waals surface area (Å²) in [5, 5.41) is 18.4. The summed E-state index contributed by atoms with van der Waals surface area (Å²) in [4.78, 5) is 0. The van der Waals surface area contributed by atoms with Crippen LogP contribution in [0.3, 0.4) is 0 Å². The quantitative estimate of drug-likeness (QED) is 0.253. The first-order valence-corrected chi connectivity index (χ1v) is 12.8. The van der Waals surface area contributed by atoms with Gasteiger partial charge >= 0.3 is 0 Å². The lowest BCUT2D eigenvalue weighted by Gasteiger charge is -2.25. The summed E-state index contributed by atoms with van der Waals surface area (Å²) in [6, 6.07) is 18.3. The third-order valence-corrected chi connectivity index (χ3v) is 7.25. The molecule has 0 saturated carbocycles. The van der Waals surface area contributed by atoms with Gasteiger partial charge in [0.05, 0.1) is 48.5 Å². The maximum absolute atomic E-state index is 10.1. The van der Waals surface area contributed by atoms with Gasteiger partial charge in [-0.25, -0.2) is 0 Å². The van der Waals surface area contributed by atoms with Crippen LogP contribution in [0.1, 0.15) is 22.6 Å². The van der Waals surface area contributed by atoms with Crippen LogP contribution in [0, 0.1) is 11.3 Å². The first-order valence-electron chi connectivity index (χ1n) is 12.0. The lowest BCUT2D eigenvalue weighted by molar-refractivity contribution is 0.284. The zero-order valence-corrected chi connectivity index (χ0v) is 23.3. The van der Waals surface area contributed by atoms with Gasteiger partial charge in [-0.05, 0) is 53.6 Å². The van der Waals surface area contributed by atoms with Crippen LogP contribution in [-0.4, -0.2) is 31.5 Å². The van der Waals surface area contributed by atoms with Gasteiger partial charge in [-0.1, -0.05) is 35.3 Å². The van der Waals surface area contributed by atoms with Crippen molar-refractivity contribution < 1.29 is 23.7 Å². The van der Waals surface area contributed by atoms with Gasteiger partial charge in [0.25, 0.3) is 0 Å². The highest BCUT2D eigenvalue weighted by Crippen LogP contribution is 2.48. The number of aromatic amines is 1. The molecule has 3 aromatic carbocycles. The van der Waals surface area contributed by atoms with E-state index in [4.69, 9.17) is 52.6 Å². The highest BCUT2D eigenvalue weighted by atomic mass is 35.5. The first kappa shape index (κ1) is 27.1. The second-order valence-corrected chi connectivity index (χ2v) is 9.57. The molecule has 0 unspecified atom stereocenters. The van der Waals surface area contributed by atoms with E-state index in [0.29, 0.717) is 55.4 Å². The summed E-state index contributed by atoms with van der Waals surface area (Å²) >= 11 is 12.2. The van der Waals surface area contributed by atoms with Gasteiger partial charge in [-0.2, -0.15) is 5.26 Å². The van der Waals surface area contributed by atoms with Crippen LogP contribution in [-0.2, 0) is 6.61 Å². The molecule has 1 aliphatic rings. The van der Waals surface area contributed by atoms with E-state index in [9.17, 15) is 5.26 Å². The third kappa shape index (κ3) is 4.95. The molecule has 204 valence electrons. The number of rotatable bonds is 8. The highest BCUT2D eigenvalue weighted by molar-refractivity contribution is 6.42. The van der Waals surface area contributed by atoms with E-state index in [-0.39, 0.29) is 23.9 Å². The summed E-state index contributed by atoms with van der Waals surface area (Å²) < 4.78 is 28.5. The number of aromatic nitrogens is 2. The number of nitrogens with one attached hydrogen (secondary N) is 1. The van der Waals surface area contributed by atoms with Crippen LogP contribution < -0.4 is 29.4 Å². The van der Waals surface area contributed by atoms with Gasteiger partial charge in [0.2, 0.25) is 11.8 Å². The van der Waals surface area contributed by atoms with Gasteiger partial charge in [0, 0.05) is 5.56 Å². The number of halogens is 2. The molecule has 3 N–H and O–H groups in total. The van der Waals surface area contributed by atoms with E-state index in [1.54, 1.807) is 57.7 Å². The molecule has 1 aromatic heterocycles. The lowest BCUT2D eigenvalue weighted by Crippen LogP contribution is -2.21. The lowest BCUT2D eigenvalue weighted by atomic mass is 9.82. The molecule has 11 heteroatoms. The van der Waals surface area contributed by atoms with E-state index in [0.717, 1.165) is 5.56 Å². The van der Waals surface area contributed by atoms with E-state index in [1.807, 2.05) is 18.2 Å². The molecule has 1 atom stereocenters. The molecule has 0 amide bonds. The maximum atomic E-state index is 10.1. The van der Waals surface area contributed by atoms with Crippen molar-refractivity contribution >= 4 is 23.2 Å². The van der Waals surface area contributed by atoms with Gasteiger partial charge in [0.1, 0.15) is 29.7 Å². The molecule has 5 rings (SSSR count). The van der Waals surface area contributed by atoms with Gasteiger partial charge in [0.15, 0.2) is 11.5 Å². The SMILES string of the molecule is COc1ccc(OC)c(-c2[nH]nc3c2[C@H](c2ccc(OCc4ccc(Cl)c(Cl)c4)c(OC)c2)C(C#N)=C(N)O3)c1. The zero-order chi connectivity index (χ0) is 28.4. The Morgan fingerprint density at radius 3 is 2.42 bits per heavy atom. The van der Waals surface area contributed by atoms with E-state index >= 15 is 0 Å². The second kappa shape index (κ2) is 11.3. The predicted molar refractivity (Wildman–Crippen MR) is 150 cm³/mol. The number of ether oxygens (including phenoxy) is 5. The molecule has 0 aliphatic carbocycles. The number of nitrogens with zero attached hydrogens (tertiary/aromatic N) is 2. The van der Waals surface area contributed by atoms with Crippen LogP contribution in [0.2, 0.25) is 10.0 Å². The summed E-state index contributed by atoms with van der Waals surface area (Å²) in [5.41, 5.74) is 9.84. The van der Waals surface area contributed by atoms with Gasteiger partial charge in [-0.3, -0.25) is 5.10 Å². The third-order valence-electron chi connectivity index (χ3n) is 6.51. The molecule has 40 heavy (non-hydrogen) atoms. The van der Waals surface area contributed by atoms with Crippen LogP contribution in [0.4, 0.5) is 0 Å². The molecule has 4 aromatic rings. The van der Waals surface area contributed by atoms with Crippen LogP contribution in [0.15, 0.2) is 66.1 Å². The average Bonchev–Trinajstić information content (AvgIpc) is 3.39. The molecule has 0 bridgehead atoms. The maximum Gasteiger partial charge on any atom is 0.244 e. The average molecular weight is 579 g/mol. The predicted octanol–water partition coefficient (Wildman–Crippen LogP) is 6.21. The monoisotopic (exact) mass is 578 g/mol. The first-order chi connectivity index (χ1) is 19.4. The number of methoxy groups -OCH3 is 3. The van der Waals surface area contributed by atoms with Crippen LogP contribution in [0.25, 0.3) is 11.3 Å². The van der Waals surface area contributed by atoms with E-state index in [2.05, 4.69) is 16.3 Å². The molecule has 0 radical (unpaired) electrons. The van der Waals surface area contributed by atoms with Crippen molar-refractivity contribution in [2.24, 2.45) is 5.73 Å². The molecule has 0 saturated heterocycles. The smallest absolute Gasteiger partial charge is 0.244 e. The minimum absolute atomic E-state index is 0.0328. The van der Waals surface area contributed by atoms with Crippen LogP contribution >= 0.6 is 23.2 Å². The topological polar surface area (TPSA) is 125 Å². The van der Waals surface area contributed by atoms with E-state index < -0.39 is 5.92 Å². The Hall–Kier alpha value is -4.52. The fraction of sp³-hybridized carbons (Fsp3) is 0.172. The molecule has 0 fully saturated rings. The number of fused-ring (bicyclic) bond motifs is 1. The number of nitrogens with two attached hydrogens (primary N) is 1. The number of hydrogen-bond acceptors (Lipinski definition) is 8. The normalized spacial score (nSPS) is 14.2. The summed E-state index contributed by atoms with van der Waals surface area (Å²) in [7, 11) is 4.69. The van der Waals surface area contributed by atoms with Gasteiger partial charge in [-0.15, -0.1) is 5.10 Å². The van der Waals surface area contributed by atoms with Crippen molar-refractivity contribution in [2.45, 2.75) is 12.5 Å². The van der Waals surface area contributed by atoms with Crippen molar-refractivity contribution in [1.29, 1.82) is 5.26 Å².